The minimum atomic E-state index is -0.808. The fourth-order valence-electron chi connectivity index (χ4n) is 3.93. The Bertz CT molecular complexity index is 505. The molecule has 26 heavy (non-hydrogen) atoms. The van der Waals surface area contributed by atoms with E-state index in [9.17, 15) is 5.11 Å². The molecule has 0 fully saturated rings. The van der Waals surface area contributed by atoms with E-state index >= 15 is 0 Å². The van der Waals surface area contributed by atoms with Crippen molar-refractivity contribution in [2.24, 2.45) is 23.5 Å². The molecule has 0 aliphatic heterocycles. The van der Waals surface area contributed by atoms with Crippen LogP contribution in [0.5, 0.6) is 5.75 Å². The Morgan fingerprint density at radius 2 is 1.85 bits per heavy atom. The molecule has 0 spiro atoms. The van der Waals surface area contributed by atoms with Crippen LogP contribution in [0.1, 0.15) is 58.4 Å². The average molecular weight is 365 g/mol. The zero-order valence-electron chi connectivity index (χ0n) is 17.6. The maximum absolute atomic E-state index is 10.3. The van der Waals surface area contributed by atoms with Crippen molar-refractivity contribution in [3.8, 4) is 5.75 Å². The van der Waals surface area contributed by atoms with Gasteiger partial charge < -0.3 is 20.5 Å². The summed E-state index contributed by atoms with van der Waals surface area (Å²) in [4.78, 5) is 2.24. The molecule has 4 heteroatoms. The summed E-state index contributed by atoms with van der Waals surface area (Å²) in [6, 6.07) is 8.21. The molecule has 4 nitrogen and oxygen atoms in total. The molecule has 0 amide bonds. The van der Waals surface area contributed by atoms with Crippen molar-refractivity contribution in [2.75, 3.05) is 27.2 Å². The highest BCUT2D eigenvalue weighted by Crippen LogP contribution is 2.31. The van der Waals surface area contributed by atoms with Crippen molar-refractivity contribution in [1.29, 1.82) is 0 Å². The number of nitrogens with zero attached hydrogens (tertiary/aromatic N) is 1. The monoisotopic (exact) mass is 364 g/mol. The SMILES string of the molecule is CCC(c1cccc(OC(O)CC(CN)CC(C)C)c1)C(C)CN(C)C. The predicted octanol–water partition coefficient (Wildman–Crippen LogP) is 4.09. The minimum absolute atomic E-state index is 0.289. The van der Waals surface area contributed by atoms with E-state index in [-0.39, 0.29) is 5.92 Å². The van der Waals surface area contributed by atoms with Crippen LogP contribution in [0.2, 0.25) is 0 Å². The molecule has 1 rings (SSSR count). The lowest BCUT2D eigenvalue weighted by Gasteiger charge is -2.26. The smallest absolute Gasteiger partial charge is 0.197 e. The van der Waals surface area contributed by atoms with Crippen LogP contribution in [0, 0.1) is 17.8 Å². The Morgan fingerprint density at radius 1 is 1.15 bits per heavy atom. The van der Waals surface area contributed by atoms with Crippen LogP contribution in [0.15, 0.2) is 24.3 Å². The maximum atomic E-state index is 10.3. The molecule has 1 aromatic carbocycles. The molecule has 3 N–H and O–H groups in total. The summed E-state index contributed by atoms with van der Waals surface area (Å²) in [6.45, 7) is 10.5. The van der Waals surface area contributed by atoms with Crippen molar-refractivity contribution >= 4 is 0 Å². The number of aliphatic hydroxyl groups is 1. The molecule has 150 valence electrons. The summed E-state index contributed by atoms with van der Waals surface area (Å²) in [5.74, 6) is 2.64. The number of nitrogens with two attached hydrogens (primary N) is 1. The van der Waals surface area contributed by atoms with Crippen molar-refractivity contribution in [3.63, 3.8) is 0 Å². The van der Waals surface area contributed by atoms with Gasteiger partial charge in [-0.15, -0.1) is 0 Å². The number of hydrogen-bond donors (Lipinski definition) is 2. The van der Waals surface area contributed by atoms with Gasteiger partial charge >= 0.3 is 0 Å². The Hall–Kier alpha value is -1.10. The summed E-state index contributed by atoms with van der Waals surface area (Å²) in [6.07, 6.45) is 1.87. The van der Waals surface area contributed by atoms with Crippen molar-refractivity contribution < 1.29 is 9.84 Å². The number of benzene rings is 1. The van der Waals surface area contributed by atoms with Crippen LogP contribution in [0.25, 0.3) is 0 Å². The van der Waals surface area contributed by atoms with E-state index in [1.165, 1.54) is 5.56 Å². The molecule has 0 saturated carbocycles. The highest BCUT2D eigenvalue weighted by molar-refractivity contribution is 5.31. The topological polar surface area (TPSA) is 58.7 Å². The normalized spacial score (nSPS) is 16.5. The third-order valence-electron chi connectivity index (χ3n) is 5.01. The summed E-state index contributed by atoms with van der Waals surface area (Å²) in [7, 11) is 4.23. The van der Waals surface area contributed by atoms with E-state index < -0.39 is 6.29 Å². The first-order valence-electron chi connectivity index (χ1n) is 10.1. The number of rotatable bonds is 12. The van der Waals surface area contributed by atoms with E-state index in [1.807, 2.05) is 12.1 Å². The van der Waals surface area contributed by atoms with Crippen LogP contribution in [0.4, 0.5) is 0 Å². The first kappa shape index (κ1) is 22.9. The summed E-state index contributed by atoms with van der Waals surface area (Å²) in [5, 5.41) is 10.3. The molecule has 0 aliphatic carbocycles. The highest BCUT2D eigenvalue weighted by atomic mass is 16.6. The molecule has 0 aliphatic rings. The number of aliphatic hydroxyl groups excluding tert-OH is 1. The second-order valence-corrected chi connectivity index (χ2v) is 8.37. The van der Waals surface area contributed by atoms with Gasteiger partial charge in [0.25, 0.3) is 0 Å². The zero-order valence-corrected chi connectivity index (χ0v) is 17.6. The summed E-state index contributed by atoms with van der Waals surface area (Å²) in [5.41, 5.74) is 7.13. The second kappa shape index (κ2) is 11.6. The molecular formula is C22H40N2O2. The molecule has 4 atom stereocenters. The molecule has 0 aromatic heterocycles. The predicted molar refractivity (Wildman–Crippen MR) is 110 cm³/mol. The van der Waals surface area contributed by atoms with Gasteiger partial charge in [-0.3, -0.25) is 0 Å². The molecule has 0 radical (unpaired) electrons. The van der Waals surface area contributed by atoms with E-state index in [4.69, 9.17) is 10.5 Å². The number of hydrogen-bond acceptors (Lipinski definition) is 4. The minimum Gasteiger partial charge on any atom is -0.465 e. The van der Waals surface area contributed by atoms with Gasteiger partial charge in [0.1, 0.15) is 5.75 Å². The molecule has 0 heterocycles. The quantitative estimate of drug-likeness (QED) is 0.549. The molecule has 1 aromatic rings. The Morgan fingerprint density at radius 3 is 2.38 bits per heavy atom. The lowest BCUT2D eigenvalue weighted by Crippen LogP contribution is -2.26. The van der Waals surface area contributed by atoms with Gasteiger partial charge in [-0.25, -0.2) is 0 Å². The molecule has 0 bridgehead atoms. The fourth-order valence-corrected chi connectivity index (χ4v) is 3.93. The van der Waals surface area contributed by atoms with Gasteiger partial charge in [0, 0.05) is 13.0 Å². The number of ether oxygens (including phenoxy) is 1. The van der Waals surface area contributed by atoms with E-state index in [0.717, 1.165) is 25.1 Å². The van der Waals surface area contributed by atoms with Crippen molar-refractivity contribution in [2.45, 2.75) is 59.2 Å². The lowest BCUT2D eigenvalue weighted by molar-refractivity contribution is -0.0354. The van der Waals surface area contributed by atoms with Crippen molar-refractivity contribution in [1.82, 2.24) is 4.90 Å². The second-order valence-electron chi connectivity index (χ2n) is 8.37. The van der Waals surface area contributed by atoms with E-state index in [2.05, 4.69) is 58.8 Å². The van der Waals surface area contributed by atoms with Gasteiger partial charge in [0.15, 0.2) is 6.29 Å². The fraction of sp³-hybridized carbons (Fsp3) is 0.727. The van der Waals surface area contributed by atoms with Gasteiger partial charge in [-0.05, 0) is 74.8 Å². The van der Waals surface area contributed by atoms with Crippen LogP contribution in [-0.2, 0) is 0 Å². The van der Waals surface area contributed by atoms with Crippen LogP contribution < -0.4 is 10.5 Å². The summed E-state index contributed by atoms with van der Waals surface area (Å²) >= 11 is 0. The first-order valence-corrected chi connectivity index (χ1v) is 10.1. The largest absolute Gasteiger partial charge is 0.465 e. The van der Waals surface area contributed by atoms with E-state index in [0.29, 0.717) is 30.7 Å². The van der Waals surface area contributed by atoms with Crippen LogP contribution in [-0.4, -0.2) is 43.5 Å². The van der Waals surface area contributed by atoms with Gasteiger partial charge in [0.05, 0.1) is 0 Å². The van der Waals surface area contributed by atoms with Crippen LogP contribution in [0.3, 0.4) is 0 Å². The first-order chi connectivity index (χ1) is 12.3. The van der Waals surface area contributed by atoms with Gasteiger partial charge in [0.2, 0.25) is 0 Å². The molecule has 4 unspecified atom stereocenters. The third-order valence-corrected chi connectivity index (χ3v) is 5.01. The Kier molecular flexibility index (Phi) is 10.2. The zero-order chi connectivity index (χ0) is 19.7. The molecule has 0 saturated heterocycles. The standard InChI is InChI=1S/C22H40N2O2/c1-7-21(17(4)15-24(5)6)19-9-8-10-20(13-19)26-22(25)12-18(14-23)11-16(2)3/h8-10,13,16-18,21-22,25H,7,11-12,14-15,23H2,1-6H3. The third kappa shape index (κ3) is 8.07. The lowest BCUT2D eigenvalue weighted by atomic mass is 9.85. The average Bonchev–Trinajstić information content (AvgIpc) is 2.54. The van der Waals surface area contributed by atoms with E-state index in [1.54, 1.807) is 0 Å². The van der Waals surface area contributed by atoms with Gasteiger partial charge in [-0.1, -0.05) is 39.8 Å². The molecular weight excluding hydrogens is 324 g/mol. The Balaban J connectivity index is 2.75. The van der Waals surface area contributed by atoms with Crippen LogP contribution >= 0.6 is 0 Å². The summed E-state index contributed by atoms with van der Waals surface area (Å²) < 4.78 is 5.81. The van der Waals surface area contributed by atoms with Crippen molar-refractivity contribution in [3.05, 3.63) is 29.8 Å². The van der Waals surface area contributed by atoms with Gasteiger partial charge in [-0.2, -0.15) is 0 Å². The highest BCUT2D eigenvalue weighted by Gasteiger charge is 2.20. The Labute approximate surface area is 160 Å². The maximum Gasteiger partial charge on any atom is 0.197 e.